The summed E-state index contributed by atoms with van der Waals surface area (Å²) in [5.41, 5.74) is -0.00180. The smallest absolute Gasteiger partial charge is 0.270 e. The van der Waals surface area contributed by atoms with Crippen molar-refractivity contribution >= 4 is 23.2 Å². The summed E-state index contributed by atoms with van der Waals surface area (Å²) in [4.78, 5) is 24.6. The average Bonchev–Trinajstić information content (AvgIpc) is 3.28. The highest BCUT2D eigenvalue weighted by molar-refractivity contribution is 6.33. The minimum absolute atomic E-state index is 0.139. The Hall–Kier alpha value is -1.66. The Kier molecular flexibility index (Phi) is 5.14. The molecule has 1 amide bonds. The van der Waals surface area contributed by atoms with Crippen molar-refractivity contribution in [1.29, 1.82) is 0 Å². The van der Waals surface area contributed by atoms with Crippen LogP contribution in [0.25, 0.3) is 0 Å². The number of benzene rings is 1. The summed E-state index contributed by atoms with van der Waals surface area (Å²) in [7, 11) is 0. The molecular formula is C14H18ClN3O3. The molecule has 1 aliphatic carbocycles. The monoisotopic (exact) mass is 311 g/mol. The molecule has 1 aromatic rings. The van der Waals surface area contributed by atoms with Gasteiger partial charge in [0.1, 0.15) is 0 Å². The zero-order chi connectivity index (χ0) is 15.4. The third-order valence-corrected chi connectivity index (χ3v) is 3.89. The first-order valence-corrected chi connectivity index (χ1v) is 7.37. The second-order valence-corrected chi connectivity index (χ2v) is 5.44. The van der Waals surface area contributed by atoms with Gasteiger partial charge in [0.25, 0.3) is 11.6 Å². The molecule has 7 heteroatoms. The van der Waals surface area contributed by atoms with Crippen molar-refractivity contribution in [3.8, 4) is 0 Å². The Balaban J connectivity index is 1.93. The fourth-order valence-electron chi connectivity index (χ4n) is 2.25. The molecule has 0 atom stereocenters. The van der Waals surface area contributed by atoms with Gasteiger partial charge in [-0.05, 0) is 25.5 Å². The van der Waals surface area contributed by atoms with Crippen LogP contribution in [0.1, 0.15) is 30.1 Å². The molecule has 0 aliphatic heterocycles. The average molecular weight is 312 g/mol. The first-order chi connectivity index (χ1) is 10.0. The van der Waals surface area contributed by atoms with Gasteiger partial charge in [-0.25, -0.2) is 0 Å². The highest BCUT2D eigenvalue weighted by Gasteiger charge is 2.27. The zero-order valence-corrected chi connectivity index (χ0v) is 12.6. The number of amides is 1. The molecule has 1 fully saturated rings. The van der Waals surface area contributed by atoms with Crippen molar-refractivity contribution in [2.24, 2.45) is 0 Å². The van der Waals surface area contributed by atoms with E-state index in [0.717, 1.165) is 13.1 Å². The van der Waals surface area contributed by atoms with Crippen LogP contribution in [0.4, 0.5) is 5.69 Å². The maximum atomic E-state index is 12.1. The fourth-order valence-corrected chi connectivity index (χ4v) is 2.45. The van der Waals surface area contributed by atoms with Crippen LogP contribution in [0.3, 0.4) is 0 Å². The van der Waals surface area contributed by atoms with Crippen LogP contribution >= 0.6 is 11.6 Å². The van der Waals surface area contributed by atoms with Gasteiger partial charge in [0.05, 0.1) is 15.5 Å². The minimum atomic E-state index is -0.543. The predicted molar refractivity (Wildman–Crippen MR) is 80.7 cm³/mol. The molecule has 0 bridgehead atoms. The highest BCUT2D eigenvalue weighted by Crippen LogP contribution is 2.26. The number of hydrogen-bond donors (Lipinski definition) is 1. The molecule has 0 radical (unpaired) electrons. The first-order valence-electron chi connectivity index (χ1n) is 6.99. The third kappa shape index (κ3) is 4.15. The van der Waals surface area contributed by atoms with Crippen LogP contribution in [0, 0.1) is 10.1 Å². The van der Waals surface area contributed by atoms with E-state index in [1.54, 1.807) is 0 Å². The molecule has 0 heterocycles. The lowest BCUT2D eigenvalue weighted by atomic mass is 10.2. The van der Waals surface area contributed by atoms with E-state index in [1.165, 1.54) is 31.0 Å². The molecule has 0 aromatic heterocycles. The van der Waals surface area contributed by atoms with Crippen molar-refractivity contribution in [3.63, 3.8) is 0 Å². The molecule has 0 spiro atoms. The molecule has 21 heavy (non-hydrogen) atoms. The van der Waals surface area contributed by atoms with Crippen molar-refractivity contribution in [2.45, 2.75) is 25.8 Å². The number of likely N-dealkylation sites (N-methyl/N-ethyl adjacent to an activating group) is 1. The number of nitrogens with one attached hydrogen (secondary N) is 1. The van der Waals surface area contributed by atoms with E-state index in [-0.39, 0.29) is 22.2 Å². The van der Waals surface area contributed by atoms with Crippen molar-refractivity contribution < 1.29 is 9.72 Å². The molecule has 1 aromatic carbocycles. The summed E-state index contributed by atoms with van der Waals surface area (Å²) in [6.07, 6.45) is 2.44. The SMILES string of the molecule is CCN(CCNC(=O)c1cc([N+](=O)[O-])ccc1Cl)C1CC1. The topological polar surface area (TPSA) is 75.5 Å². The van der Waals surface area contributed by atoms with Gasteiger partial charge in [0, 0.05) is 31.3 Å². The van der Waals surface area contributed by atoms with Gasteiger partial charge in [-0.1, -0.05) is 18.5 Å². The van der Waals surface area contributed by atoms with Crippen LogP contribution in [0.5, 0.6) is 0 Å². The standard InChI is InChI=1S/C14H18ClN3O3/c1-2-17(10-3-4-10)8-7-16-14(19)12-9-11(18(20)21)5-6-13(12)15/h5-6,9-10H,2-4,7-8H2,1H3,(H,16,19). The maximum Gasteiger partial charge on any atom is 0.270 e. The van der Waals surface area contributed by atoms with E-state index < -0.39 is 4.92 Å². The summed E-state index contributed by atoms with van der Waals surface area (Å²) in [5.74, 6) is -0.379. The summed E-state index contributed by atoms with van der Waals surface area (Å²) in [6.45, 7) is 4.33. The number of nitro groups is 1. The molecule has 1 aliphatic rings. The van der Waals surface area contributed by atoms with Crippen molar-refractivity contribution in [3.05, 3.63) is 38.9 Å². The second kappa shape index (κ2) is 6.87. The van der Waals surface area contributed by atoms with Crippen LogP contribution in [0.15, 0.2) is 18.2 Å². The fraction of sp³-hybridized carbons (Fsp3) is 0.500. The van der Waals surface area contributed by atoms with Crippen molar-refractivity contribution in [2.75, 3.05) is 19.6 Å². The van der Waals surface area contributed by atoms with E-state index in [9.17, 15) is 14.9 Å². The number of halogens is 1. The third-order valence-electron chi connectivity index (χ3n) is 3.56. The quantitative estimate of drug-likeness (QED) is 0.620. The van der Waals surface area contributed by atoms with E-state index in [0.29, 0.717) is 12.6 Å². The second-order valence-electron chi connectivity index (χ2n) is 5.04. The van der Waals surface area contributed by atoms with Gasteiger partial charge in [-0.2, -0.15) is 0 Å². The van der Waals surface area contributed by atoms with Crippen LogP contribution in [0.2, 0.25) is 5.02 Å². The van der Waals surface area contributed by atoms with Crippen LogP contribution in [-0.4, -0.2) is 41.4 Å². The van der Waals surface area contributed by atoms with Crippen molar-refractivity contribution in [1.82, 2.24) is 10.2 Å². The van der Waals surface area contributed by atoms with Gasteiger partial charge in [0.15, 0.2) is 0 Å². The Bertz CT molecular complexity index is 546. The highest BCUT2D eigenvalue weighted by atomic mass is 35.5. The lowest BCUT2D eigenvalue weighted by Gasteiger charge is -2.19. The van der Waals surface area contributed by atoms with Crippen LogP contribution < -0.4 is 5.32 Å². The largest absolute Gasteiger partial charge is 0.351 e. The molecule has 0 unspecified atom stereocenters. The Labute approximate surface area is 128 Å². The number of nitrogens with zero attached hydrogens (tertiary/aromatic N) is 2. The normalized spacial score (nSPS) is 14.2. The molecule has 1 saturated carbocycles. The Morgan fingerprint density at radius 3 is 2.81 bits per heavy atom. The van der Waals surface area contributed by atoms with E-state index in [2.05, 4.69) is 17.1 Å². The van der Waals surface area contributed by atoms with E-state index in [1.807, 2.05) is 0 Å². The number of rotatable bonds is 7. The Morgan fingerprint density at radius 2 is 2.24 bits per heavy atom. The number of hydrogen-bond acceptors (Lipinski definition) is 4. The van der Waals surface area contributed by atoms with E-state index >= 15 is 0 Å². The predicted octanol–water partition coefficient (Wildman–Crippen LogP) is 2.46. The summed E-state index contributed by atoms with van der Waals surface area (Å²) >= 11 is 5.93. The summed E-state index contributed by atoms with van der Waals surface area (Å²) in [5, 5.41) is 13.7. The summed E-state index contributed by atoms with van der Waals surface area (Å²) < 4.78 is 0. The number of nitro benzene ring substituents is 1. The Morgan fingerprint density at radius 1 is 1.52 bits per heavy atom. The van der Waals surface area contributed by atoms with Gasteiger partial charge in [-0.3, -0.25) is 19.8 Å². The van der Waals surface area contributed by atoms with Gasteiger partial charge < -0.3 is 5.32 Å². The summed E-state index contributed by atoms with van der Waals surface area (Å²) in [6, 6.07) is 4.51. The molecule has 2 rings (SSSR count). The van der Waals surface area contributed by atoms with Gasteiger partial charge in [-0.15, -0.1) is 0 Å². The molecule has 6 nitrogen and oxygen atoms in total. The number of non-ortho nitro benzene ring substituents is 1. The number of carbonyl (C=O) groups excluding carboxylic acids is 1. The molecule has 1 N–H and O–H groups in total. The van der Waals surface area contributed by atoms with Crippen LogP contribution in [-0.2, 0) is 0 Å². The lowest BCUT2D eigenvalue weighted by molar-refractivity contribution is -0.384. The molecule has 114 valence electrons. The molecule has 0 saturated heterocycles. The number of carbonyl (C=O) groups is 1. The maximum absolute atomic E-state index is 12.1. The minimum Gasteiger partial charge on any atom is -0.351 e. The van der Waals surface area contributed by atoms with Gasteiger partial charge in [0.2, 0.25) is 0 Å². The zero-order valence-electron chi connectivity index (χ0n) is 11.8. The lowest BCUT2D eigenvalue weighted by Crippen LogP contribution is -2.36. The van der Waals surface area contributed by atoms with E-state index in [4.69, 9.17) is 11.6 Å². The first kappa shape index (κ1) is 15.7. The molecular weight excluding hydrogens is 294 g/mol. The van der Waals surface area contributed by atoms with Gasteiger partial charge >= 0.3 is 0 Å².